The van der Waals surface area contributed by atoms with Crippen LogP contribution in [0.3, 0.4) is 0 Å². The number of ether oxygens (including phenoxy) is 1. The summed E-state index contributed by atoms with van der Waals surface area (Å²) < 4.78 is 5.55. The lowest BCUT2D eigenvalue weighted by molar-refractivity contribution is -0.00218. The Balaban J connectivity index is 2.08. The zero-order valence-electron chi connectivity index (χ0n) is 12.5. The molecule has 1 aliphatic carbocycles. The zero-order chi connectivity index (χ0) is 14.0. The van der Waals surface area contributed by atoms with Crippen LogP contribution in [0.15, 0.2) is 0 Å². The highest BCUT2D eigenvalue weighted by atomic mass is 16.6. The van der Waals surface area contributed by atoms with E-state index in [1.165, 1.54) is 25.7 Å². The van der Waals surface area contributed by atoms with Crippen molar-refractivity contribution in [3.8, 4) is 0 Å². The van der Waals surface area contributed by atoms with Crippen LogP contribution >= 0.6 is 0 Å². The van der Waals surface area contributed by atoms with E-state index < -0.39 is 5.60 Å². The van der Waals surface area contributed by atoms with Crippen LogP contribution in [0.1, 0.15) is 59.3 Å². The maximum absolute atomic E-state index is 12.4. The molecule has 0 aromatic heterocycles. The molecule has 0 spiro atoms. The second-order valence-electron chi connectivity index (χ2n) is 7.01. The minimum Gasteiger partial charge on any atom is -0.444 e. The fourth-order valence-corrected chi connectivity index (χ4v) is 3.48. The van der Waals surface area contributed by atoms with Crippen LogP contribution in [-0.4, -0.2) is 35.2 Å². The second kappa shape index (κ2) is 5.70. The van der Waals surface area contributed by atoms with Crippen LogP contribution in [0, 0.1) is 5.92 Å². The molecule has 1 saturated carbocycles. The van der Waals surface area contributed by atoms with Gasteiger partial charge in [-0.1, -0.05) is 12.8 Å². The van der Waals surface area contributed by atoms with Crippen LogP contribution in [0.25, 0.3) is 0 Å². The summed E-state index contributed by atoms with van der Waals surface area (Å²) in [6.45, 7) is 6.54. The van der Waals surface area contributed by atoms with Crippen molar-refractivity contribution < 1.29 is 9.53 Å². The van der Waals surface area contributed by atoms with Gasteiger partial charge in [-0.25, -0.2) is 4.79 Å². The molecule has 4 heteroatoms. The fourth-order valence-electron chi connectivity index (χ4n) is 3.48. The first kappa shape index (κ1) is 14.6. The molecule has 1 amide bonds. The quantitative estimate of drug-likeness (QED) is 0.795. The third-order valence-electron chi connectivity index (χ3n) is 4.25. The van der Waals surface area contributed by atoms with E-state index in [1.54, 1.807) is 0 Å². The number of nitrogens with two attached hydrogens (primary N) is 1. The third kappa shape index (κ3) is 3.62. The Labute approximate surface area is 116 Å². The molecule has 19 heavy (non-hydrogen) atoms. The number of hydrogen-bond donors (Lipinski definition) is 1. The molecule has 0 radical (unpaired) electrons. The van der Waals surface area contributed by atoms with Crippen molar-refractivity contribution in [2.24, 2.45) is 11.7 Å². The predicted molar refractivity (Wildman–Crippen MR) is 75.9 cm³/mol. The van der Waals surface area contributed by atoms with Crippen molar-refractivity contribution in [1.82, 2.24) is 4.90 Å². The number of likely N-dealkylation sites (tertiary alicyclic amines) is 1. The number of rotatable bonds is 1. The monoisotopic (exact) mass is 268 g/mol. The minimum atomic E-state index is -0.432. The predicted octanol–water partition coefficient (Wildman–Crippen LogP) is 2.90. The highest BCUT2D eigenvalue weighted by molar-refractivity contribution is 5.69. The molecule has 1 saturated heterocycles. The van der Waals surface area contributed by atoms with Crippen molar-refractivity contribution in [2.75, 3.05) is 6.54 Å². The van der Waals surface area contributed by atoms with Gasteiger partial charge in [0.15, 0.2) is 0 Å². The van der Waals surface area contributed by atoms with Crippen LogP contribution in [0.2, 0.25) is 0 Å². The van der Waals surface area contributed by atoms with E-state index in [-0.39, 0.29) is 18.2 Å². The van der Waals surface area contributed by atoms with Crippen LogP contribution in [-0.2, 0) is 4.74 Å². The zero-order valence-corrected chi connectivity index (χ0v) is 12.5. The SMILES string of the molecule is CC(C)(C)OC(=O)N1CCC[C@@H](N)[C@@H]1C1CCCC1. The largest absolute Gasteiger partial charge is 0.444 e. The van der Waals surface area contributed by atoms with E-state index >= 15 is 0 Å². The molecule has 1 aliphatic heterocycles. The lowest BCUT2D eigenvalue weighted by Gasteiger charge is -2.43. The van der Waals surface area contributed by atoms with Gasteiger partial charge in [0.25, 0.3) is 0 Å². The fraction of sp³-hybridized carbons (Fsp3) is 0.933. The molecular weight excluding hydrogens is 240 g/mol. The molecule has 2 atom stereocenters. The van der Waals surface area contributed by atoms with E-state index in [4.69, 9.17) is 10.5 Å². The molecule has 0 bridgehead atoms. The number of carbonyl (C=O) groups excluding carboxylic acids is 1. The highest BCUT2D eigenvalue weighted by Crippen LogP contribution is 2.35. The molecule has 110 valence electrons. The standard InChI is InChI=1S/C15H28N2O2/c1-15(2,3)19-14(18)17-10-6-9-12(16)13(17)11-7-4-5-8-11/h11-13H,4-10,16H2,1-3H3/t12-,13+/m1/s1. The lowest BCUT2D eigenvalue weighted by atomic mass is 9.86. The summed E-state index contributed by atoms with van der Waals surface area (Å²) in [5.74, 6) is 0.572. The summed E-state index contributed by atoms with van der Waals surface area (Å²) in [5, 5.41) is 0. The van der Waals surface area contributed by atoms with E-state index in [1.807, 2.05) is 25.7 Å². The normalized spacial score (nSPS) is 29.6. The number of hydrogen-bond acceptors (Lipinski definition) is 3. The van der Waals surface area contributed by atoms with Gasteiger partial charge in [0, 0.05) is 12.6 Å². The summed E-state index contributed by atoms with van der Waals surface area (Å²) in [7, 11) is 0. The molecule has 2 N–H and O–H groups in total. The Kier molecular flexibility index (Phi) is 4.39. The summed E-state index contributed by atoms with van der Waals surface area (Å²) in [5.41, 5.74) is 5.87. The van der Waals surface area contributed by atoms with E-state index in [9.17, 15) is 4.79 Å². The maximum Gasteiger partial charge on any atom is 0.410 e. The molecule has 4 nitrogen and oxygen atoms in total. The van der Waals surface area contributed by atoms with Crippen LogP contribution < -0.4 is 5.73 Å². The maximum atomic E-state index is 12.4. The molecule has 0 aromatic carbocycles. The van der Waals surface area contributed by atoms with Crippen molar-refractivity contribution >= 4 is 6.09 Å². The Morgan fingerprint density at radius 3 is 2.37 bits per heavy atom. The molecule has 2 aliphatic rings. The lowest BCUT2D eigenvalue weighted by Crippen LogP contribution is -2.58. The Morgan fingerprint density at radius 1 is 1.16 bits per heavy atom. The van der Waals surface area contributed by atoms with Crippen molar-refractivity contribution in [3.63, 3.8) is 0 Å². The van der Waals surface area contributed by atoms with Gasteiger partial charge in [0.1, 0.15) is 5.60 Å². The molecular formula is C15H28N2O2. The average Bonchev–Trinajstić information content (AvgIpc) is 2.79. The van der Waals surface area contributed by atoms with Crippen LogP contribution in [0.4, 0.5) is 4.79 Å². The summed E-state index contributed by atoms with van der Waals surface area (Å²) in [4.78, 5) is 14.3. The molecule has 0 aromatic rings. The summed E-state index contributed by atoms with van der Waals surface area (Å²) in [6, 6.07) is 0.301. The van der Waals surface area contributed by atoms with Gasteiger partial charge < -0.3 is 15.4 Å². The Bertz CT molecular complexity index is 319. The van der Waals surface area contributed by atoms with Gasteiger partial charge in [0.2, 0.25) is 0 Å². The smallest absolute Gasteiger partial charge is 0.410 e. The highest BCUT2D eigenvalue weighted by Gasteiger charge is 2.40. The Morgan fingerprint density at radius 2 is 1.79 bits per heavy atom. The number of nitrogens with zero attached hydrogens (tertiary/aromatic N) is 1. The van der Waals surface area contributed by atoms with Crippen LogP contribution in [0.5, 0.6) is 0 Å². The first-order valence-corrected chi connectivity index (χ1v) is 7.64. The van der Waals surface area contributed by atoms with E-state index in [2.05, 4.69) is 0 Å². The first-order valence-electron chi connectivity index (χ1n) is 7.64. The molecule has 0 unspecified atom stereocenters. The van der Waals surface area contributed by atoms with Gasteiger partial charge in [-0.2, -0.15) is 0 Å². The van der Waals surface area contributed by atoms with E-state index in [0.717, 1.165) is 19.4 Å². The van der Waals surface area contributed by atoms with Gasteiger partial charge in [-0.05, 0) is 52.4 Å². The van der Waals surface area contributed by atoms with Crippen molar-refractivity contribution in [2.45, 2.75) is 77.0 Å². The third-order valence-corrected chi connectivity index (χ3v) is 4.25. The number of carbonyl (C=O) groups is 1. The summed E-state index contributed by atoms with van der Waals surface area (Å²) >= 11 is 0. The van der Waals surface area contributed by atoms with Gasteiger partial charge in [0.05, 0.1) is 6.04 Å². The summed E-state index contributed by atoms with van der Waals surface area (Å²) in [6.07, 6.45) is 6.80. The van der Waals surface area contributed by atoms with Gasteiger partial charge in [-0.15, -0.1) is 0 Å². The van der Waals surface area contributed by atoms with Gasteiger partial charge in [-0.3, -0.25) is 0 Å². The Hall–Kier alpha value is -0.770. The molecule has 2 rings (SSSR count). The minimum absolute atomic E-state index is 0.115. The van der Waals surface area contributed by atoms with Crippen molar-refractivity contribution in [3.05, 3.63) is 0 Å². The average molecular weight is 268 g/mol. The first-order chi connectivity index (χ1) is 8.88. The van der Waals surface area contributed by atoms with Gasteiger partial charge >= 0.3 is 6.09 Å². The molecule has 2 fully saturated rings. The number of piperidine rings is 1. The van der Waals surface area contributed by atoms with E-state index in [0.29, 0.717) is 5.92 Å². The van der Waals surface area contributed by atoms with Crippen molar-refractivity contribution in [1.29, 1.82) is 0 Å². The topological polar surface area (TPSA) is 55.6 Å². The second-order valence-corrected chi connectivity index (χ2v) is 7.01. The number of amides is 1. The molecule has 1 heterocycles.